The third kappa shape index (κ3) is 5.44. The van der Waals surface area contributed by atoms with E-state index in [1.807, 2.05) is 37.3 Å². The number of hydrogen-bond donors (Lipinski definition) is 2. The van der Waals surface area contributed by atoms with Crippen molar-refractivity contribution in [1.29, 1.82) is 0 Å². The third-order valence-electron chi connectivity index (χ3n) is 6.51. The maximum Gasteiger partial charge on any atom is 0.411 e. The second-order valence-corrected chi connectivity index (χ2v) is 9.04. The summed E-state index contributed by atoms with van der Waals surface area (Å²) in [6, 6.07) is 26.2. The molecule has 5 rings (SSSR count). The van der Waals surface area contributed by atoms with E-state index >= 15 is 0 Å². The molecule has 0 spiro atoms. The Hall–Kier alpha value is -4.85. The van der Waals surface area contributed by atoms with Crippen LogP contribution in [0.5, 0.6) is 0 Å². The first-order chi connectivity index (χ1) is 18.5. The van der Waals surface area contributed by atoms with Gasteiger partial charge >= 0.3 is 6.09 Å². The van der Waals surface area contributed by atoms with E-state index < -0.39 is 18.2 Å². The lowest BCUT2D eigenvalue weighted by Crippen LogP contribution is -2.46. The molecule has 1 saturated heterocycles. The van der Waals surface area contributed by atoms with Crippen molar-refractivity contribution in [1.82, 2.24) is 10.2 Å². The van der Waals surface area contributed by atoms with Crippen LogP contribution in [0, 0.1) is 6.92 Å². The van der Waals surface area contributed by atoms with Gasteiger partial charge in [0.2, 0.25) is 5.91 Å². The molecule has 4 aromatic rings. The number of ether oxygens (including phenoxy) is 1. The molecule has 3 aromatic carbocycles. The lowest BCUT2D eigenvalue weighted by molar-refractivity contribution is -0.126. The van der Waals surface area contributed by atoms with Gasteiger partial charge in [-0.05, 0) is 60.0 Å². The fraction of sp³-hybridized carbons (Fsp3) is 0.167. The van der Waals surface area contributed by atoms with Crippen LogP contribution in [0.1, 0.15) is 38.9 Å². The van der Waals surface area contributed by atoms with Gasteiger partial charge in [0.25, 0.3) is 5.91 Å². The second-order valence-electron chi connectivity index (χ2n) is 9.04. The van der Waals surface area contributed by atoms with Gasteiger partial charge in [0.05, 0.1) is 19.4 Å². The predicted molar refractivity (Wildman–Crippen MR) is 141 cm³/mol. The molecule has 8 heteroatoms. The van der Waals surface area contributed by atoms with Crippen LogP contribution < -0.4 is 10.6 Å². The molecule has 8 nitrogen and oxygen atoms in total. The van der Waals surface area contributed by atoms with Gasteiger partial charge in [-0.1, -0.05) is 54.6 Å². The maximum absolute atomic E-state index is 13.4. The first-order valence-electron chi connectivity index (χ1n) is 12.3. The molecule has 0 aliphatic carbocycles. The minimum Gasteiger partial charge on any atom is -0.467 e. The topological polar surface area (TPSA) is 101 Å². The third-order valence-corrected chi connectivity index (χ3v) is 6.51. The number of carbonyl (C=O) groups excluding carboxylic acids is 3. The summed E-state index contributed by atoms with van der Waals surface area (Å²) >= 11 is 0. The average Bonchev–Trinajstić information content (AvgIpc) is 3.57. The van der Waals surface area contributed by atoms with Crippen LogP contribution in [0.3, 0.4) is 0 Å². The summed E-state index contributed by atoms with van der Waals surface area (Å²) in [7, 11) is 0. The van der Waals surface area contributed by atoms with Crippen molar-refractivity contribution in [3.8, 4) is 0 Å². The average molecular weight is 510 g/mol. The summed E-state index contributed by atoms with van der Waals surface area (Å²) in [5, 5.41) is 5.73. The van der Waals surface area contributed by atoms with E-state index in [4.69, 9.17) is 9.15 Å². The molecular weight excluding hydrogens is 482 g/mol. The SMILES string of the molecule is Cc1ccccc1CN1C(=O)O[C@@H](c2ccc(NC(=O)c3ccccc3)cc2)[C@@H]1C(=O)NCc1ccco1. The molecule has 2 atom stereocenters. The quantitative estimate of drug-likeness (QED) is 0.339. The molecule has 1 fully saturated rings. The summed E-state index contributed by atoms with van der Waals surface area (Å²) in [4.78, 5) is 40.4. The zero-order valence-corrected chi connectivity index (χ0v) is 20.8. The van der Waals surface area contributed by atoms with E-state index in [2.05, 4.69) is 10.6 Å². The smallest absolute Gasteiger partial charge is 0.411 e. The van der Waals surface area contributed by atoms with Crippen LogP contribution in [-0.4, -0.2) is 28.8 Å². The minimum atomic E-state index is -0.901. The number of furan rings is 1. The molecule has 0 saturated carbocycles. The highest BCUT2D eigenvalue weighted by atomic mass is 16.6. The Morgan fingerprint density at radius 3 is 2.34 bits per heavy atom. The fourth-order valence-corrected chi connectivity index (χ4v) is 4.42. The van der Waals surface area contributed by atoms with Gasteiger partial charge in [-0.25, -0.2) is 4.79 Å². The van der Waals surface area contributed by atoms with Gasteiger partial charge in [0.15, 0.2) is 12.1 Å². The van der Waals surface area contributed by atoms with Crippen molar-refractivity contribution in [2.75, 3.05) is 5.32 Å². The number of aryl methyl sites for hydroxylation is 1. The standard InChI is InChI=1S/C30H27N3O5/c1-20-8-5-6-11-23(20)19-33-26(29(35)31-18-25-12-7-17-37-25)27(38-30(33)36)21-13-15-24(16-14-21)32-28(34)22-9-3-2-4-10-22/h2-17,26-27H,18-19H2,1H3,(H,31,35)(H,32,34)/t26-,27+/m1/s1. The number of nitrogens with zero attached hydrogens (tertiary/aromatic N) is 1. The molecule has 192 valence electrons. The summed E-state index contributed by atoms with van der Waals surface area (Å²) in [5.41, 5.74) is 3.70. The number of carbonyl (C=O) groups is 3. The molecule has 2 heterocycles. The highest BCUT2D eigenvalue weighted by Crippen LogP contribution is 2.35. The molecule has 0 radical (unpaired) electrons. The van der Waals surface area contributed by atoms with E-state index in [9.17, 15) is 14.4 Å². The van der Waals surface area contributed by atoms with Crippen LogP contribution in [0.15, 0.2) is 102 Å². The summed E-state index contributed by atoms with van der Waals surface area (Å²) in [6.45, 7) is 2.38. The van der Waals surface area contributed by atoms with Gasteiger partial charge in [-0.3, -0.25) is 14.5 Å². The number of rotatable bonds is 8. The first kappa shape index (κ1) is 24.8. The number of cyclic esters (lactones) is 1. The fourth-order valence-electron chi connectivity index (χ4n) is 4.42. The van der Waals surface area contributed by atoms with Gasteiger partial charge in [-0.2, -0.15) is 0 Å². The van der Waals surface area contributed by atoms with Crippen molar-refractivity contribution in [2.24, 2.45) is 0 Å². The monoisotopic (exact) mass is 509 g/mol. The van der Waals surface area contributed by atoms with E-state index in [0.29, 0.717) is 22.6 Å². The van der Waals surface area contributed by atoms with Gasteiger partial charge < -0.3 is 19.8 Å². The van der Waals surface area contributed by atoms with E-state index in [1.54, 1.807) is 60.7 Å². The van der Waals surface area contributed by atoms with Crippen LogP contribution in [0.2, 0.25) is 0 Å². The van der Waals surface area contributed by atoms with Crippen LogP contribution in [-0.2, 0) is 22.6 Å². The minimum absolute atomic E-state index is 0.186. The zero-order chi connectivity index (χ0) is 26.5. The molecule has 0 unspecified atom stereocenters. The Kier molecular flexibility index (Phi) is 7.21. The van der Waals surface area contributed by atoms with Crippen molar-refractivity contribution in [2.45, 2.75) is 32.2 Å². The van der Waals surface area contributed by atoms with Crippen molar-refractivity contribution in [3.05, 3.63) is 125 Å². The molecule has 2 N–H and O–H groups in total. The Labute approximate surface area is 220 Å². The molecule has 0 bridgehead atoms. The second kappa shape index (κ2) is 11.0. The Morgan fingerprint density at radius 2 is 1.63 bits per heavy atom. The van der Waals surface area contributed by atoms with Crippen molar-refractivity contribution < 1.29 is 23.5 Å². The molecule has 1 aliphatic rings. The number of hydrogen-bond acceptors (Lipinski definition) is 5. The van der Waals surface area contributed by atoms with E-state index in [-0.39, 0.29) is 24.9 Å². The van der Waals surface area contributed by atoms with Gasteiger partial charge in [0, 0.05) is 11.3 Å². The molecule has 3 amide bonds. The number of anilines is 1. The zero-order valence-electron chi connectivity index (χ0n) is 20.8. The number of amides is 3. The summed E-state index contributed by atoms with van der Waals surface area (Å²) in [6.07, 6.45) is 0.134. The maximum atomic E-state index is 13.4. The normalized spacial score (nSPS) is 16.7. The Bertz CT molecular complexity index is 1420. The van der Waals surface area contributed by atoms with E-state index in [1.165, 1.54) is 11.2 Å². The largest absolute Gasteiger partial charge is 0.467 e. The van der Waals surface area contributed by atoms with Crippen LogP contribution >= 0.6 is 0 Å². The van der Waals surface area contributed by atoms with E-state index in [0.717, 1.165) is 11.1 Å². The predicted octanol–water partition coefficient (Wildman–Crippen LogP) is 5.22. The summed E-state index contributed by atoms with van der Waals surface area (Å²) < 4.78 is 11.1. The highest BCUT2D eigenvalue weighted by molar-refractivity contribution is 6.04. The van der Waals surface area contributed by atoms with Crippen molar-refractivity contribution >= 4 is 23.6 Å². The van der Waals surface area contributed by atoms with Crippen LogP contribution in [0.4, 0.5) is 10.5 Å². The van der Waals surface area contributed by atoms with Gasteiger partial charge in [0.1, 0.15) is 5.76 Å². The number of nitrogens with one attached hydrogen (secondary N) is 2. The lowest BCUT2D eigenvalue weighted by Gasteiger charge is -2.24. The molecule has 1 aromatic heterocycles. The number of benzene rings is 3. The Morgan fingerprint density at radius 1 is 0.895 bits per heavy atom. The first-order valence-corrected chi connectivity index (χ1v) is 12.3. The highest BCUT2D eigenvalue weighted by Gasteiger charge is 2.47. The Balaban J connectivity index is 1.37. The van der Waals surface area contributed by atoms with Gasteiger partial charge in [-0.15, -0.1) is 0 Å². The molecular formula is C30H27N3O5. The van der Waals surface area contributed by atoms with Crippen molar-refractivity contribution in [3.63, 3.8) is 0 Å². The van der Waals surface area contributed by atoms with Crippen LogP contribution in [0.25, 0.3) is 0 Å². The molecule has 38 heavy (non-hydrogen) atoms. The summed E-state index contributed by atoms with van der Waals surface area (Å²) in [5.74, 6) is 0.0154. The lowest BCUT2D eigenvalue weighted by atomic mass is 9.99. The molecule has 1 aliphatic heterocycles.